The largest absolute Gasteiger partial charge is 0.454 e. The van der Waals surface area contributed by atoms with Gasteiger partial charge >= 0.3 is 0 Å². The van der Waals surface area contributed by atoms with Crippen molar-refractivity contribution in [1.29, 1.82) is 0 Å². The molecule has 0 amide bonds. The lowest BCUT2D eigenvalue weighted by molar-refractivity contribution is 0.174. The number of rotatable bonds is 3. The molecule has 0 spiro atoms. The van der Waals surface area contributed by atoms with E-state index in [1.54, 1.807) is 0 Å². The van der Waals surface area contributed by atoms with Crippen LogP contribution in [-0.4, -0.2) is 6.79 Å². The van der Waals surface area contributed by atoms with Gasteiger partial charge in [0.25, 0.3) is 0 Å². The van der Waals surface area contributed by atoms with Gasteiger partial charge in [-0.15, -0.1) is 0 Å². The van der Waals surface area contributed by atoms with Gasteiger partial charge in [-0.05, 0) is 113 Å². The molecule has 1 aliphatic carbocycles. The summed E-state index contributed by atoms with van der Waals surface area (Å²) in [6.07, 6.45) is 0. The molecule has 5 aromatic rings. The lowest BCUT2D eigenvalue weighted by atomic mass is 9.67. The number of aryl methyl sites for hydroxylation is 3. The predicted molar refractivity (Wildman–Crippen MR) is 165 cm³/mol. The molecule has 0 fully saturated rings. The van der Waals surface area contributed by atoms with Crippen molar-refractivity contribution in [1.82, 2.24) is 0 Å². The number of benzene rings is 5. The number of ether oxygens (including phenoxy) is 2. The molecule has 5 aromatic carbocycles. The third kappa shape index (κ3) is 3.65. The molecule has 2 aliphatic rings. The first-order valence-electron chi connectivity index (χ1n) is 13.1. The molecule has 0 N–H and O–H groups in total. The van der Waals surface area contributed by atoms with Crippen LogP contribution in [0.4, 0.5) is 0 Å². The van der Waals surface area contributed by atoms with E-state index in [1.807, 2.05) is 0 Å². The first kappa shape index (κ1) is 24.7. The van der Waals surface area contributed by atoms with Gasteiger partial charge in [0.05, 0.1) is 5.41 Å². The molecule has 4 heteroatoms. The molecule has 0 radical (unpaired) electrons. The van der Waals surface area contributed by atoms with Crippen molar-refractivity contribution in [2.45, 2.75) is 26.2 Å². The fraction of sp³-hybridized carbons (Fsp3) is 0.143. The van der Waals surface area contributed by atoms with Crippen molar-refractivity contribution >= 4 is 31.9 Å². The number of halogens is 2. The Hall–Kier alpha value is -3.34. The molecule has 0 saturated heterocycles. The molecule has 0 saturated carbocycles. The van der Waals surface area contributed by atoms with E-state index in [2.05, 4.69) is 144 Å². The van der Waals surface area contributed by atoms with Crippen molar-refractivity contribution in [3.63, 3.8) is 0 Å². The van der Waals surface area contributed by atoms with Crippen LogP contribution in [0.2, 0.25) is 0 Å². The Morgan fingerprint density at radius 1 is 0.590 bits per heavy atom. The van der Waals surface area contributed by atoms with Crippen LogP contribution in [0.25, 0.3) is 22.3 Å². The number of hydrogen-bond donors (Lipinski definition) is 0. The van der Waals surface area contributed by atoms with E-state index >= 15 is 0 Å². The summed E-state index contributed by atoms with van der Waals surface area (Å²) in [7, 11) is 0. The van der Waals surface area contributed by atoms with Gasteiger partial charge in [0.15, 0.2) is 11.5 Å². The standard InChI is InChI=1S/C35H26Br2O2/c1-20-13-21(2)33(22(3)14-20)27-11-6-12-29-34(27)28-17-31-32(39-19-38-31)18-30(28)35(29,23-7-4-9-25(36)15-23)24-8-5-10-26(37)16-24/h4-18H,19H2,1-3H3. The molecule has 0 unspecified atom stereocenters. The number of fused-ring (bicyclic) bond motifs is 4. The second-order valence-corrected chi connectivity index (χ2v) is 12.4. The second-order valence-electron chi connectivity index (χ2n) is 10.5. The van der Waals surface area contributed by atoms with E-state index in [0.717, 1.165) is 20.4 Å². The Morgan fingerprint density at radius 3 is 1.79 bits per heavy atom. The monoisotopic (exact) mass is 636 g/mol. The van der Waals surface area contributed by atoms with Crippen molar-refractivity contribution in [2.24, 2.45) is 0 Å². The highest BCUT2D eigenvalue weighted by Crippen LogP contribution is 2.61. The van der Waals surface area contributed by atoms with Crippen molar-refractivity contribution in [3.05, 3.63) is 139 Å². The van der Waals surface area contributed by atoms with Crippen molar-refractivity contribution in [3.8, 4) is 33.8 Å². The maximum absolute atomic E-state index is 5.96. The minimum Gasteiger partial charge on any atom is -0.454 e. The van der Waals surface area contributed by atoms with Gasteiger partial charge in [0.1, 0.15) is 0 Å². The lowest BCUT2D eigenvalue weighted by Crippen LogP contribution is -2.28. The van der Waals surface area contributed by atoms with Crippen LogP contribution in [0.15, 0.2) is 99.9 Å². The molecule has 1 aliphatic heterocycles. The summed E-state index contributed by atoms with van der Waals surface area (Å²) in [5.41, 5.74) is 13.1. The van der Waals surface area contributed by atoms with Gasteiger partial charge < -0.3 is 9.47 Å². The second kappa shape index (κ2) is 9.11. The maximum Gasteiger partial charge on any atom is 0.231 e. The third-order valence-corrected chi connectivity index (χ3v) is 9.10. The third-order valence-electron chi connectivity index (χ3n) is 8.12. The lowest BCUT2D eigenvalue weighted by Gasteiger charge is -2.34. The summed E-state index contributed by atoms with van der Waals surface area (Å²) in [6, 6.07) is 33.2. The van der Waals surface area contributed by atoms with Gasteiger partial charge in [-0.3, -0.25) is 0 Å². The summed E-state index contributed by atoms with van der Waals surface area (Å²) in [6.45, 7) is 6.85. The molecule has 0 atom stereocenters. The van der Waals surface area contributed by atoms with Crippen LogP contribution in [0, 0.1) is 20.8 Å². The van der Waals surface area contributed by atoms with Crippen molar-refractivity contribution < 1.29 is 9.47 Å². The molecule has 39 heavy (non-hydrogen) atoms. The SMILES string of the molecule is Cc1cc(C)c(-c2cccc3c2-c2cc4c(cc2C3(c2cccc(Br)c2)c2cccc(Br)c2)OCO4)c(C)c1. The predicted octanol–water partition coefficient (Wildman–Crippen LogP) is 9.90. The van der Waals surface area contributed by atoms with E-state index in [9.17, 15) is 0 Å². The average molecular weight is 638 g/mol. The van der Waals surface area contributed by atoms with Crippen LogP contribution in [0.1, 0.15) is 38.9 Å². The molecule has 2 nitrogen and oxygen atoms in total. The Labute approximate surface area is 245 Å². The molecular formula is C35H26Br2O2. The van der Waals surface area contributed by atoms with Gasteiger partial charge in [0, 0.05) is 8.95 Å². The molecular weight excluding hydrogens is 612 g/mol. The quantitative estimate of drug-likeness (QED) is 0.192. The molecule has 0 bridgehead atoms. The normalized spacial score (nSPS) is 14.3. The number of hydrogen-bond acceptors (Lipinski definition) is 2. The van der Waals surface area contributed by atoms with Crippen LogP contribution < -0.4 is 9.47 Å². The van der Waals surface area contributed by atoms with Crippen LogP contribution >= 0.6 is 31.9 Å². The molecule has 0 aromatic heterocycles. The summed E-state index contributed by atoms with van der Waals surface area (Å²) < 4.78 is 14.0. The summed E-state index contributed by atoms with van der Waals surface area (Å²) >= 11 is 7.55. The maximum atomic E-state index is 5.96. The highest BCUT2D eigenvalue weighted by Gasteiger charge is 2.48. The molecule has 1 heterocycles. The summed E-state index contributed by atoms with van der Waals surface area (Å²) in [5, 5.41) is 0. The fourth-order valence-corrected chi connectivity index (χ4v) is 7.60. The Kier molecular flexibility index (Phi) is 5.76. The van der Waals surface area contributed by atoms with E-state index < -0.39 is 5.41 Å². The topological polar surface area (TPSA) is 18.5 Å². The minimum atomic E-state index is -0.554. The Bertz CT molecular complexity index is 1730. The Balaban J connectivity index is 1.68. The van der Waals surface area contributed by atoms with Gasteiger partial charge in [0.2, 0.25) is 6.79 Å². The zero-order valence-electron chi connectivity index (χ0n) is 21.9. The highest BCUT2D eigenvalue weighted by molar-refractivity contribution is 9.10. The first-order valence-corrected chi connectivity index (χ1v) is 14.6. The van der Waals surface area contributed by atoms with Crippen LogP contribution in [0.3, 0.4) is 0 Å². The zero-order chi connectivity index (χ0) is 26.9. The van der Waals surface area contributed by atoms with Crippen LogP contribution in [-0.2, 0) is 5.41 Å². The summed E-state index contributed by atoms with van der Waals surface area (Å²) in [4.78, 5) is 0. The molecule has 192 valence electrons. The van der Waals surface area contributed by atoms with E-state index in [0.29, 0.717) is 0 Å². The Morgan fingerprint density at radius 2 is 1.18 bits per heavy atom. The first-order chi connectivity index (χ1) is 18.9. The smallest absolute Gasteiger partial charge is 0.231 e. The van der Waals surface area contributed by atoms with E-state index in [4.69, 9.17) is 9.47 Å². The van der Waals surface area contributed by atoms with Crippen LogP contribution in [0.5, 0.6) is 11.5 Å². The van der Waals surface area contributed by atoms with E-state index in [-0.39, 0.29) is 6.79 Å². The van der Waals surface area contributed by atoms with Crippen molar-refractivity contribution in [2.75, 3.05) is 6.79 Å². The highest BCUT2D eigenvalue weighted by atomic mass is 79.9. The summed E-state index contributed by atoms with van der Waals surface area (Å²) in [5.74, 6) is 1.59. The zero-order valence-corrected chi connectivity index (χ0v) is 25.1. The van der Waals surface area contributed by atoms with Gasteiger partial charge in [-0.2, -0.15) is 0 Å². The van der Waals surface area contributed by atoms with Gasteiger partial charge in [-0.1, -0.05) is 92.0 Å². The molecule has 7 rings (SSSR count). The fourth-order valence-electron chi connectivity index (χ4n) is 6.80. The van der Waals surface area contributed by atoms with Gasteiger partial charge in [-0.25, -0.2) is 0 Å². The minimum absolute atomic E-state index is 0.240. The average Bonchev–Trinajstić information content (AvgIpc) is 3.47. The van der Waals surface area contributed by atoms with E-state index in [1.165, 1.54) is 61.2 Å².